The second-order valence-corrected chi connectivity index (χ2v) is 4.32. The SMILES string of the molecule is CC1=NN(C2(C)CC=CC=C2C#N)C(=O)C1. The molecule has 1 unspecified atom stereocenters. The number of hydrazone groups is 1. The molecule has 1 heterocycles. The van der Waals surface area contributed by atoms with Gasteiger partial charge in [-0.1, -0.05) is 12.2 Å². The number of allylic oxidation sites excluding steroid dienone is 2. The van der Waals surface area contributed by atoms with Crippen molar-refractivity contribution in [2.75, 3.05) is 0 Å². The molecular weight excluding hydrogens is 202 g/mol. The Hall–Kier alpha value is -1.89. The Morgan fingerprint density at radius 3 is 2.94 bits per heavy atom. The molecule has 0 bridgehead atoms. The third-order valence-corrected chi connectivity index (χ3v) is 3.00. The summed E-state index contributed by atoms with van der Waals surface area (Å²) in [6.07, 6.45) is 6.54. The van der Waals surface area contributed by atoms with Crippen molar-refractivity contribution in [1.29, 1.82) is 5.26 Å². The van der Waals surface area contributed by atoms with Gasteiger partial charge in [0.05, 0.1) is 18.1 Å². The molecule has 2 aliphatic rings. The van der Waals surface area contributed by atoms with E-state index in [2.05, 4.69) is 11.2 Å². The highest BCUT2D eigenvalue weighted by atomic mass is 16.2. The molecule has 16 heavy (non-hydrogen) atoms. The van der Waals surface area contributed by atoms with Gasteiger partial charge in [-0.05, 0) is 26.3 Å². The summed E-state index contributed by atoms with van der Waals surface area (Å²) in [6.45, 7) is 3.71. The predicted molar refractivity (Wildman–Crippen MR) is 60.4 cm³/mol. The molecule has 0 spiro atoms. The van der Waals surface area contributed by atoms with E-state index in [4.69, 9.17) is 5.26 Å². The van der Waals surface area contributed by atoms with Gasteiger partial charge in [-0.3, -0.25) is 4.79 Å². The van der Waals surface area contributed by atoms with Crippen molar-refractivity contribution in [3.05, 3.63) is 23.8 Å². The van der Waals surface area contributed by atoms with E-state index in [1.54, 1.807) is 6.08 Å². The van der Waals surface area contributed by atoms with Crippen molar-refractivity contribution in [3.63, 3.8) is 0 Å². The van der Waals surface area contributed by atoms with Gasteiger partial charge in [0.25, 0.3) is 0 Å². The second-order valence-electron chi connectivity index (χ2n) is 4.32. The summed E-state index contributed by atoms with van der Waals surface area (Å²) in [5.41, 5.74) is 0.776. The summed E-state index contributed by atoms with van der Waals surface area (Å²) in [7, 11) is 0. The summed E-state index contributed by atoms with van der Waals surface area (Å²) in [5, 5.41) is 14.8. The zero-order valence-corrected chi connectivity index (χ0v) is 9.40. The molecule has 0 saturated carbocycles. The largest absolute Gasteiger partial charge is 0.272 e. The van der Waals surface area contributed by atoms with Crippen LogP contribution in [0.15, 0.2) is 28.9 Å². The van der Waals surface area contributed by atoms with Crippen LogP contribution in [0.3, 0.4) is 0 Å². The third kappa shape index (κ3) is 1.45. The minimum atomic E-state index is -0.613. The van der Waals surface area contributed by atoms with Crippen LogP contribution in [0.4, 0.5) is 0 Å². The van der Waals surface area contributed by atoms with Crippen molar-refractivity contribution in [3.8, 4) is 6.07 Å². The maximum absolute atomic E-state index is 11.8. The van der Waals surface area contributed by atoms with E-state index in [1.165, 1.54) is 5.01 Å². The van der Waals surface area contributed by atoms with E-state index in [0.717, 1.165) is 5.71 Å². The summed E-state index contributed by atoms with van der Waals surface area (Å²) in [4.78, 5) is 11.8. The van der Waals surface area contributed by atoms with Gasteiger partial charge in [0.1, 0.15) is 5.54 Å². The maximum Gasteiger partial charge on any atom is 0.249 e. The van der Waals surface area contributed by atoms with E-state index in [0.29, 0.717) is 18.4 Å². The second kappa shape index (κ2) is 3.60. The smallest absolute Gasteiger partial charge is 0.249 e. The Morgan fingerprint density at radius 1 is 1.62 bits per heavy atom. The molecule has 0 N–H and O–H groups in total. The summed E-state index contributed by atoms with van der Waals surface area (Å²) >= 11 is 0. The first-order chi connectivity index (χ1) is 7.58. The number of hydrogen-bond donors (Lipinski definition) is 0. The molecule has 0 saturated heterocycles. The molecular formula is C12H13N3O. The van der Waals surface area contributed by atoms with E-state index in [9.17, 15) is 4.79 Å². The molecule has 1 aliphatic heterocycles. The summed E-state index contributed by atoms with van der Waals surface area (Å²) < 4.78 is 0. The number of amides is 1. The molecule has 2 rings (SSSR count). The van der Waals surface area contributed by atoms with Gasteiger partial charge in [0.15, 0.2) is 0 Å². The molecule has 4 nitrogen and oxygen atoms in total. The quantitative estimate of drug-likeness (QED) is 0.669. The van der Waals surface area contributed by atoms with Crippen LogP contribution in [0, 0.1) is 11.3 Å². The van der Waals surface area contributed by atoms with E-state index in [-0.39, 0.29) is 5.91 Å². The number of rotatable bonds is 1. The van der Waals surface area contributed by atoms with Crippen molar-refractivity contribution in [1.82, 2.24) is 5.01 Å². The molecule has 0 radical (unpaired) electrons. The molecule has 0 aromatic carbocycles. The minimum Gasteiger partial charge on any atom is -0.272 e. The Bertz CT molecular complexity index is 467. The van der Waals surface area contributed by atoms with E-state index >= 15 is 0 Å². The van der Waals surface area contributed by atoms with E-state index in [1.807, 2.05) is 26.0 Å². The number of carbonyl (C=O) groups is 1. The van der Waals surface area contributed by atoms with Gasteiger partial charge in [-0.25, -0.2) is 5.01 Å². The van der Waals surface area contributed by atoms with Crippen molar-refractivity contribution in [2.45, 2.75) is 32.2 Å². The highest BCUT2D eigenvalue weighted by Crippen LogP contribution is 2.34. The lowest BCUT2D eigenvalue weighted by atomic mass is 9.85. The van der Waals surface area contributed by atoms with Gasteiger partial charge in [0, 0.05) is 5.71 Å². The highest BCUT2D eigenvalue weighted by molar-refractivity contribution is 6.04. The zero-order valence-electron chi connectivity index (χ0n) is 9.40. The lowest BCUT2D eigenvalue weighted by Crippen LogP contribution is -2.46. The fourth-order valence-electron chi connectivity index (χ4n) is 2.05. The van der Waals surface area contributed by atoms with Crippen LogP contribution >= 0.6 is 0 Å². The zero-order chi connectivity index (χ0) is 11.8. The lowest BCUT2D eigenvalue weighted by Gasteiger charge is -2.36. The lowest BCUT2D eigenvalue weighted by molar-refractivity contribution is -0.132. The number of nitrogens with zero attached hydrogens (tertiary/aromatic N) is 3. The average molecular weight is 215 g/mol. The van der Waals surface area contributed by atoms with Crippen LogP contribution in [-0.4, -0.2) is 22.2 Å². The molecule has 82 valence electrons. The normalized spacial score (nSPS) is 28.8. The van der Waals surface area contributed by atoms with Crippen molar-refractivity contribution in [2.24, 2.45) is 5.10 Å². The number of carbonyl (C=O) groups excluding carboxylic acids is 1. The molecule has 1 aliphatic carbocycles. The summed E-state index contributed by atoms with van der Waals surface area (Å²) in [5.74, 6) is -0.0311. The summed E-state index contributed by atoms with van der Waals surface area (Å²) in [6, 6.07) is 2.15. The maximum atomic E-state index is 11.8. The first-order valence-corrected chi connectivity index (χ1v) is 5.22. The molecule has 1 atom stereocenters. The number of nitriles is 1. The van der Waals surface area contributed by atoms with Crippen LogP contribution in [0.5, 0.6) is 0 Å². The van der Waals surface area contributed by atoms with Crippen LogP contribution < -0.4 is 0 Å². The first-order valence-electron chi connectivity index (χ1n) is 5.22. The van der Waals surface area contributed by atoms with Crippen LogP contribution in [-0.2, 0) is 4.79 Å². The Kier molecular flexibility index (Phi) is 2.39. The topological polar surface area (TPSA) is 56.5 Å². The van der Waals surface area contributed by atoms with Gasteiger partial charge < -0.3 is 0 Å². The van der Waals surface area contributed by atoms with Crippen molar-refractivity contribution >= 4 is 11.6 Å². The van der Waals surface area contributed by atoms with Gasteiger partial charge in [0.2, 0.25) is 5.91 Å². The van der Waals surface area contributed by atoms with Crippen LogP contribution in [0.25, 0.3) is 0 Å². The average Bonchev–Trinajstić information content (AvgIpc) is 2.59. The fraction of sp³-hybridized carbons (Fsp3) is 0.417. The Labute approximate surface area is 94.5 Å². The number of hydrogen-bond acceptors (Lipinski definition) is 3. The van der Waals surface area contributed by atoms with Crippen LogP contribution in [0.1, 0.15) is 26.7 Å². The molecule has 4 heteroatoms. The Balaban J connectivity index is 2.40. The van der Waals surface area contributed by atoms with Crippen molar-refractivity contribution < 1.29 is 4.79 Å². The standard InChI is InChI=1S/C12H13N3O/c1-9-7-11(16)15(14-9)12(2)6-4-3-5-10(12)8-13/h3-5H,6-7H2,1-2H3. The minimum absolute atomic E-state index is 0.0311. The monoisotopic (exact) mass is 215 g/mol. The van der Waals surface area contributed by atoms with Gasteiger partial charge in [-0.2, -0.15) is 10.4 Å². The molecule has 1 amide bonds. The molecule has 0 aromatic heterocycles. The third-order valence-electron chi connectivity index (χ3n) is 3.00. The Morgan fingerprint density at radius 2 is 2.38 bits per heavy atom. The van der Waals surface area contributed by atoms with Crippen LogP contribution in [0.2, 0.25) is 0 Å². The fourth-order valence-corrected chi connectivity index (χ4v) is 2.05. The highest BCUT2D eigenvalue weighted by Gasteiger charge is 2.41. The predicted octanol–water partition coefficient (Wildman–Crippen LogP) is 1.76. The first kappa shape index (κ1) is 10.6. The van der Waals surface area contributed by atoms with Gasteiger partial charge >= 0.3 is 0 Å². The van der Waals surface area contributed by atoms with E-state index < -0.39 is 5.54 Å². The molecule has 0 fully saturated rings. The molecule has 0 aromatic rings. The van der Waals surface area contributed by atoms with Gasteiger partial charge in [-0.15, -0.1) is 0 Å².